The average Bonchev–Trinajstić information content (AvgIpc) is 2.83. The summed E-state index contributed by atoms with van der Waals surface area (Å²) in [6, 6.07) is 8.96. The number of piperazine rings is 1. The molecule has 1 amide bonds. The molecule has 0 spiro atoms. The molecular formula is C26H35F3N4O5S. The summed E-state index contributed by atoms with van der Waals surface area (Å²) in [5.74, 6) is -2.95. The van der Waals surface area contributed by atoms with Gasteiger partial charge in [-0.2, -0.15) is 13.2 Å². The molecule has 1 fully saturated rings. The average molecular weight is 573 g/mol. The van der Waals surface area contributed by atoms with E-state index in [1.807, 2.05) is 39.0 Å². The van der Waals surface area contributed by atoms with Gasteiger partial charge in [0.2, 0.25) is 0 Å². The second-order valence-electron chi connectivity index (χ2n) is 9.39. The zero-order valence-electron chi connectivity index (χ0n) is 22.6. The Morgan fingerprint density at radius 1 is 1.08 bits per heavy atom. The largest absolute Gasteiger partial charge is 0.490 e. The van der Waals surface area contributed by atoms with Crippen molar-refractivity contribution in [2.24, 2.45) is 0 Å². The molecule has 4 N–H and O–H groups in total. The van der Waals surface area contributed by atoms with Crippen molar-refractivity contribution >= 4 is 33.3 Å². The molecule has 1 atom stereocenters. The summed E-state index contributed by atoms with van der Waals surface area (Å²) in [7, 11) is -3.80. The number of carboxylic acid groups (broad SMARTS) is 1. The van der Waals surface area contributed by atoms with Crippen LogP contribution >= 0.6 is 0 Å². The summed E-state index contributed by atoms with van der Waals surface area (Å²) in [6.07, 6.45) is -4.27. The van der Waals surface area contributed by atoms with Crippen LogP contribution in [0.1, 0.15) is 47.3 Å². The van der Waals surface area contributed by atoms with Gasteiger partial charge >= 0.3 is 12.1 Å². The van der Waals surface area contributed by atoms with Crippen LogP contribution in [0.4, 0.5) is 24.5 Å². The van der Waals surface area contributed by atoms with Gasteiger partial charge in [-0.3, -0.25) is 9.52 Å². The van der Waals surface area contributed by atoms with Crippen LogP contribution in [0, 0.1) is 20.8 Å². The number of carbonyl (C=O) groups excluding carboxylic acids is 1. The van der Waals surface area contributed by atoms with Gasteiger partial charge in [0.05, 0.1) is 10.5 Å². The Balaban J connectivity index is 0.000000673. The third kappa shape index (κ3) is 8.85. The Morgan fingerprint density at radius 2 is 1.62 bits per heavy atom. The molecule has 0 bridgehead atoms. The molecule has 0 aliphatic carbocycles. The van der Waals surface area contributed by atoms with Gasteiger partial charge in [-0.25, -0.2) is 13.2 Å². The van der Waals surface area contributed by atoms with Gasteiger partial charge in [-0.1, -0.05) is 24.6 Å². The Morgan fingerprint density at radius 3 is 2.10 bits per heavy atom. The second kappa shape index (κ2) is 13.2. The van der Waals surface area contributed by atoms with Crippen molar-refractivity contribution in [3.8, 4) is 0 Å². The Hall–Kier alpha value is -3.32. The van der Waals surface area contributed by atoms with E-state index in [0.29, 0.717) is 22.4 Å². The standard InChI is InChI=1S/C24H34N4O3S.C2HF3O2/c1-6-19(5)26-24(29)21-15-20(7-8-22(21)28-11-9-25-10-12-28)27-32(30,31)23-17(3)13-16(2)14-18(23)4;3-2(4,5)1(6)7/h7-8,13-15,19,25,27H,6,9-12H2,1-5H3,(H,26,29);(H,6,7). The highest BCUT2D eigenvalue weighted by molar-refractivity contribution is 7.92. The minimum Gasteiger partial charge on any atom is -0.475 e. The fourth-order valence-corrected chi connectivity index (χ4v) is 5.67. The molecule has 1 aliphatic heterocycles. The molecule has 0 aromatic heterocycles. The molecule has 13 heteroatoms. The van der Waals surface area contributed by atoms with Gasteiger partial charge in [0.1, 0.15) is 0 Å². The summed E-state index contributed by atoms with van der Waals surface area (Å²) in [5.41, 5.74) is 4.08. The van der Waals surface area contributed by atoms with Crippen LogP contribution in [0.5, 0.6) is 0 Å². The van der Waals surface area contributed by atoms with Gasteiger partial charge in [-0.15, -0.1) is 0 Å². The molecular weight excluding hydrogens is 537 g/mol. The topological polar surface area (TPSA) is 128 Å². The number of hydrogen-bond donors (Lipinski definition) is 4. The molecule has 216 valence electrons. The lowest BCUT2D eigenvalue weighted by atomic mass is 10.1. The zero-order valence-corrected chi connectivity index (χ0v) is 23.4. The van der Waals surface area contributed by atoms with Gasteiger partial charge in [-0.05, 0) is 63.4 Å². The molecule has 0 saturated carbocycles. The van der Waals surface area contributed by atoms with Crippen molar-refractivity contribution in [3.63, 3.8) is 0 Å². The van der Waals surface area contributed by atoms with Gasteiger partial charge in [0.25, 0.3) is 15.9 Å². The van der Waals surface area contributed by atoms with E-state index < -0.39 is 22.2 Å². The Labute approximate surface area is 226 Å². The first-order valence-electron chi connectivity index (χ1n) is 12.4. The number of rotatable bonds is 7. The normalized spacial score (nSPS) is 14.6. The summed E-state index contributed by atoms with van der Waals surface area (Å²) < 4.78 is 60.9. The van der Waals surface area contributed by atoms with E-state index in [1.54, 1.807) is 26.0 Å². The van der Waals surface area contributed by atoms with Crippen LogP contribution in [0.15, 0.2) is 35.2 Å². The molecule has 0 radical (unpaired) electrons. The summed E-state index contributed by atoms with van der Waals surface area (Å²) in [5, 5.41) is 13.5. The van der Waals surface area contributed by atoms with Crippen molar-refractivity contribution in [1.29, 1.82) is 0 Å². The van der Waals surface area contributed by atoms with E-state index in [0.717, 1.165) is 43.9 Å². The van der Waals surface area contributed by atoms with E-state index in [9.17, 15) is 26.4 Å². The smallest absolute Gasteiger partial charge is 0.475 e. The van der Waals surface area contributed by atoms with Gasteiger partial charge < -0.3 is 20.6 Å². The van der Waals surface area contributed by atoms with Crippen molar-refractivity contribution in [2.45, 2.75) is 58.2 Å². The first-order chi connectivity index (χ1) is 18.1. The summed E-state index contributed by atoms with van der Waals surface area (Å²) in [6.45, 7) is 12.8. The maximum atomic E-state index is 13.2. The van der Waals surface area contributed by atoms with E-state index >= 15 is 0 Å². The molecule has 1 saturated heterocycles. The van der Waals surface area contributed by atoms with Crippen LogP contribution in [-0.2, 0) is 14.8 Å². The number of nitrogens with zero attached hydrogens (tertiary/aromatic N) is 1. The number of sulfonamides is 1. The molecule has 2 aromatic carbocycles. The fourth-order valence-electron chi connectivity index (χ4n) is 4.16. The van der Waals surface area contributed by atoms with Crippen molar-refractivity contribution in [1.82, 2.24) is 10.6 Å². The number of aryl methyl sites for hydroxylation is 3. The highest BCUT2D eigenvalue weighted by Gasteiger charge is 2.38. The highest BCUT2D eigenvalue weighted by atomic mass is 32.2. The molecule has 2 aromatic rings. The number of hydrogen-bond acceptors (Lipinski definition) is 6. The van der Waals surface area contributed by atoms with E-state index in [-0.39, 0.29) is 16.8 Å². The molecule has 1 unspecified atom stereocenters. The summed E-state index contributed by atoms with van der Waals surface area (Å²) in [4.78, 5) is 24.4. The Bertz CT molecular complexity index is 1270. The fraction of sp³-hybridized carbons (Fsp3) is 0.462. The summed E-state index contributed by atoms with van der Waals surface area (Å²) >= 11 is 0. The lowest BCUT2D eigenvalue weighted by Crippen LogP contribution is -2.44. The van der Waals surface area contributed by atoms with Crippen LogP contribution < -0.4 is 20.3 Å². The van der Waals surface area contributed by atoms with Crippen molar-refractivity contribution in [2.75, 3.05) is 35.8 Å². The monoisotopic (exact) mass is 572 g/mol. The van der Waals surface area contributed by atoms with E-state index in [1.165, 1.54) is 0 Å². The third-order valence-corrected chi connectivity index (χ3v) is 7.74. The number of benzene rings is 2. The van der Waals surface area contributed by atoms with Crippen LogP contribution in [0.25, 0.3) is 0 Å². The number of alkyl halides is 3. The number of carboxylic acids is 1. The number of carbonyl (C=O) groups is 2. The molecule has 3 rings (SSSR count). The number of aliphatic carboxylic acids is 1. The molecule has 1 aliphatic rings. The van der Waals surface area contributed by atoms with Gasteiger partial charge in [0, 0.05) is 43.6 Å². The third-order valence-electron chi connectivity index (χ3n) is 6.06. The Kier molecular flexibility index (Phi) is 10.8. The number of amides is 1. The predicted octanol–water partition coefficient (Wildman–Crippen LogP) is 3.98. The van der Waals surface area contributed by atoms with E-state index in [2.05, 4.69) is 20.3 Å². The number of anilines is 2. The minimum atomic E-state index is -5.08. The van der Waals surface area contributed by atoms with Crippen LogP contribution in [-0.4, -0.2) is 63.8 Å². The van der Waals surface area contributed by atoms with Crippen molar-refractivity contribution < 1.29 is 36.3 Å². The maximum Gasteiger partial charge on any atom is 0.490 e. The first kappa shape index (κ1) is 31.9. The lowest BCUT2D eigenvalue weighted by Gasteiger charge is -2.31. The molecule has 39 heavy (non-hydrogen) atoms. The van der Waals surface area contributed by atoms with Crippen LogP contribution in [0.3, 0.4) is 0 Å². The van der Waals surface area contributed by atoms with E-state index in [4.69, 9.17) is 9.90 Å². The zero-order chi connectivity index (χ0) is 29.5. The quantitative estimate of drug-likeness (QED) is 0.395. The maximum absolute atomic E-state index is 13.2. The minimum absolute atomic E-state index is 0.0246. The van der Waals surface area contributed by atoms with Crippen LogP contribution in [0.2, 0.25) is 0 Å². The second-order valence-corrected chi connectivity index (χ2v) is 11.0. The number of nitrogens with one attached hydrogen (secondary N) is 3. The lowest BCUT2D eigenvalue weighted by molar-refractivity contribution is -0.192. The SMILES string of the molecule is CCC(C)NC(=O)c1cc(NS(=O)(=O)c2c(C)cc(C)cc2C)ccc1N1CCNCC1.O=C(O)C(F)(F)F. The molecule has 1 heterocycles. The van der Waals surface area contributed by atoms with Gasteiger partial charge in [0.15, 0.2) is 0 Å². The first-order valence-corrected chi connectivity index (χ1v) is 13.9. The molecule has 9 nitrogen and oxygen atoms in total. The predicted molar refractivity (Wildman–Crippen MR) is 144 cm³/mol. The highest BCUT2D eigenvalue weighted by Crippen LogP contribution is 2.29. The number of halogens is 3. The van der Waals surface area contributed by atoms with Crippen molar-refractivity contribution in [3.05, 3.63) is 52.6 Å².